The average Bonchev–Trinajstić information content (AvgIpc) is 2.36. The second kappa shape index (κ2) is 2.09. The normalized spacial score (nSPS) is 24.3. The molecule has 3 heteroatoms. The summed E-state index contributed by atoms with van der Waals surface area (Å²) in [4.78, 5) is 3.96. The minimum atomic E-state index is -0.328. The Hall–Kier alpha value is -0.830. The first-order valence-electron chi connectivity index (χ1n) is 3.57. The van der Waals surface area contributed by atoms with Gasteiger partial charge in [0.2, 0.25) is 0 Å². The first kappa shape index (κ1) is 5.92. The van der Waals surface area contributed by atoms with E-state index in [0.29, 0.717) is 0 Å². The van der Waals surface area contributed by atoms with E-state index in [2.05, 4.69) is 4.98 Å². The van der Waals surface area contributed by atoms with Crippen molar-refractivity contribution in [2.75, 3.05) is 0 Å². The van der Waals surface area contributed by atoms with Gasteiger partial charge < -0.3 is 9.67 Å². The average molecular weight is 138 g/mol. The predicted molar refractivity (Wildman–Crippen MR) is 36.4 cm³/mol. The van der Waals surface area contributed by atoms with Crippen LogP contribution in [0.2, 0.25) is 0 Å². The summed E-state index contributed by atoms with van der Waals surface area (Å²) < 4.78 is 1.84. The summed E-state index contributed by atoms with van der Waals surface area (Å²) in [6, 6.07) is 0. The maximum Gasteiger partial charge on any atom is 0.131 e. The topological polar surface area (TPSA) is 38.1 Å². The van der Waals surface area contributed by atoms with Gasteiger partial charge in [-0.25, -0.2) is 4.98 Å². The van der Waals surface area contributed by atoms with Crippen molar-refractivity contribution in [3.63, 3.8) is 0 Å². The molecule has 0 fully saturated rings. The Morgan fingerprint density at radius 2 is 2.60 bits per heavy atom. The highest BCUT2D eigenvalue weighted by atomic mass is 16.3. The molecule has 1 unspecified atom stereocenters. The van der Waals surface area contributed by atoms with E-state index in [-0.39, 0.29) is 6.23 Å². The van der Waals surface area contributed by atoms with E-state index in [1.165, 1.54) is 0 Å². The Kier molecular flexibility index (Phi) is 1.24. The smallest absolute Gasteiger partial charge is 0.131 e. The van der Waals surface area contributed by atoms with Gasteiger partial charge in [0.1, 0.15) is 6.23 Å². The van der Waals surface area contributed by atoms with E-state index in [0.717, 1.165) is 25.0 Å². The molecule has 2 heterocycles. The Labute approximate surface area is 59.3 Å². The monoisotopic (exact) mass is 138 g/mol. The van der Waals surface area contributed by atoms with Crippen LogP contribution < -0.4 is 0 Å². The van der Waals surface area contributed by atoms with Gasteiger partial charge in [0.15, 0.2) is 0 Å². The Morgan fingerprint density at radius 1 is 1.70 bits per heavy atom. The van der Waals surface area contributed by atoms with Crippen LogP contribution in [0.5, 0.6) is 0 Å². The fraction of sp³-hybridized carbons (Fsp3) is 0.571. The fourth-order valence-electron chi connectivity index (χ4n) is 1.40. The number of fused-ring (bicyclic) bond motifs is 1. The Balaban J connectivity index is 2.41. The molecule has 1 aliphatic heterocycles. The zero-order valence-electron chi connectivity index (χ0n) is 5.70. The molecule has 0 amide bonds. The number of aliphatic hydroxyl groups is 1. The molecule has 0 saturated carbocycles. The molecular weight excluding hydrogens is 128 g/mol. The molecule has 1 aliphatic rings. The molecule has 54 valence electrons. The third kappa shape index (κ3) is 0.743. The molecule has 1 aromatic rings. The summed E-state index contributed by atoms with van der Waals surface area (Å²) in [5, 5.41) is 9.37. The maximum atomic E-state index is 9.37. The molecule has 10 heavy (non-hydrogen) atoms. The molecule has 0 saturated heterocycles. The van der Waals surface area contributed by atoms with Gasteiger partial charge in [-0.2, -0.15) is 0 Å². The van der Waals surface area contributed by atoms with Crippen molar-refractivity contribution in [3.05, 3.63) is 18.2 Å². The highest BCUT2D eigenvalue weighted by molar-refractivity contribution is 5.01. The van der Waals surface area contributed by atoms with Crippen molar-refractivity contribution in [1.29, 1.82) is 0 Å². The minimum absolute atomic E-state index is 0.328. The van der Waals surface area contributed by atoms with Crippen LogP contribution >= 0.6 is 0 Å². The van der Waals surface area contributed by atoms with Gasteiger partial charge in [0, 0.05) is 11.9 Å². The largest absolute Gasteiger partial charge is 0.373 e. The van der Waals surface area contributed by atoms with Gasteiger partial charge in [0.05, 0.1) is 6.33 Å². The molecule has 0 aromatic carbocycles. The van der Waals surface area contributed by atoms with Gasteiger partial charge in [0.25, 0.3) is 0 Å². The van der Waals surface area contributed by atoms with Crippen LogP contribution in [0.3, 0.4) is 0 Å². The molecule has 0 bridgehead atoms. The van der Waals surface area contributed by atoms with E-state index < -0.39 is 0 Å². The van der Waals surface area contributed by atoms with E-state index in [1.807, 2.05) is 10.8 Å². The summed E-state index contributed by atoms with van der Waals surface area (Å²) in [5.41, 5.74) is 1.15. The lowest BCUT2D eigenvalue weighted by atomic mass is 10.1. The zero-order valence-corrected chi connectivity index (χ0v) is 5.70. The number of hydrogen-bond donors (Lipinski definition) is 1. The van der Waals surface area contributed by atoms with Crippen molar-refractivity contribution in [2.24, 2.45) is 0 Å². The van der Waals surface area contributed by atoms with Crippen LogP contribution in [0.25, 0.3) is 0 Å². The number of nitrogens with zero attached hydrogens (tertiary/aromatic N) is 2. The third-order valence-corrected chi connectivity index (χ3v) is 1.96. The summed E-state index contributed by atoms with van der Waals surface area (Å²) in [5.74, 6) is 0. The van der Waals surface area contributed by atoms with Gasteiger partial charge >= 0.3 is 0 Å². The van der Waals surface area contributed by atoms with E-state index in [4.69, 9.17) is 0 Å². The fourth-order valence-corrected chi connectivity index (χ4v) is 1.40. The van der Waals surface area contributed by atoms with Gasteiger partial charge in [-0.3, -0.25) is 0 Å². The van der Waals surface area contributed by atoms with Gasteiger partial charge in [-0.05, 0) is 19.3 Å². The number of aryl methyl sites for hydroxylation is 1. The predicted octanol–water partition coefficient (Wildman–Crippen LogP) is 0.710. The highest BCUT2D eigenvalue weighted by Gasteiger charge is 2.15. The molecule has 1 aromatic heterocycles. The molecule has 0 spiro atoms. The summed E-state index contributed by atoms with van der Waals surface area (Å²) in [6.45, 7) is 0. The van der Waals surface area contributed by atoms with Crippen LogP contribution in [-0.4, -0.2) is 14.7 Å². The number of aromatic nitrogens is 2. The van der Waals surface area contributed by atoms with Gasteiger partial charge in [-0.15, -0.1) is 0 Å². The quantitative estimate of drug-likeness (QED) is 0.573. The number of aliphatic hydroxyl groups excluding tert-OH is 1. The van der Waals surface area contributed by atoms with Crippen molar-refractivity contribution in [3.8, 4) is 0 Å². The van der Waals surface area contributed by atoms with E-state index >= 15 is 0 Å². The first-order chi connectivity index (χ1) is 4.88. The maximum absolute atomic E-state index is 9.37. The van der Waals surface area contributed by atoms with Crippen molar-refractivity contribution in [1.82, 2.24) is 9.55 Å². The molecule has 2 rings (SSSR count). The summed E-state index contributed by atoms with van der Waals surface area (Å²) in [7, 11) is 0. The van der Waals surface area contributed by atoms with Crippen molar-refractivity contribution >= 4 is 0 Å². The molecular formula is C7H10N2O. The van der Waals surface area contributed by atoms with Crippen molar-refractivity contribution < 1.29 is 5.11 Å². The van der Waals surface area contributed by atoms with Crippen molar-refractivity contribution in [2.45, 2.75) is 25.5 Å². The lowest BCUT2D eigenvalue weighted by Crippen LogP contribution is -2.15. The lowest BCUT2D eigenvalue weighted by molar-refractivity contribution is 0.0789. The SMILES string of the molecule is OC1CCCc2cncn21. The van der Waals surface area contributed by atoms with Crippen LogP contribution in [0.15, 0.2) is 12.5 Å². The first-order valence-corrected chi connectivity index (χ1v) is 3.57. The lowest BCUT2D eigenvalue weighted by Gasteiger charge is -2.19. The standard InChI is InChI=1S/C7H10N2O/c10-7-3-1-2-6-4-8-5-9(6)7/h4-5,7,10H,1-3H2. The minimum Gasteiger partial charge on any atom is -0.373 e. The third-order valence-electron chi connectivity index (χ3n) is 1.96. The molecule has 0 aliphatic carbocycles. The van der Waals surface area contributed by atoms with Crippen LogP contribution in [0.1, 0.15) is 24.8 Å². The van der Waals surface area contributed by atoms with E-state index in [1.54, 1.807) is 6.33 Å². The summed E-state index contributed by atoms with van der Waals surface area (Å²) in [6.07, 6.45) is 6.18. The highest BCUT2D eigenvalue weighted by Crippen LogP contribution is 2.20. The number of hydrogen-bond acceptors (Lipinski definition) is 2. The number of rotatable bonds is 0. The summed E-state index contributed by atoms with van der Waals surface area (Å²) >= 11 is 0. The second-order valence-electron chi connectivity index (χ2n) is 2.67. The molecule has 1 atom stereocenters. The molecule has 0 radical (unpaired) electrons. The second-order valence-corrected chi connectivity index (χ2v) is 2.67. The Bertz CT molecular complexity index is 231. The Morgan fingerprint density at radius 3 is 3.40 bits per heavy atom. The molecule has 1 N–H and O–H groups in total. The zero-order chi connectivity index (χ0) is 6.97. The van der Waals surface area contributed by atoms with E-state index in [9.17, 15) is 5.11 Å². The van der Waals surface area contributed by atoms with Gasteiger partial charge in [-0.1, -0.05) is 0 Å². The molecule has 3 nitrogen and oxygen atoms in total. The van der Waals surface area contributed by atoms with Crippen LogP contribution in [-0.2, 0) is 6.42 Å². The van der Waals surface area contributed by atoms with Crippen LogP contribution in [0, 0.1) is 0 Å². The van der Waals surface area contributed by atoms with Crippen LogP contribution in [0.4, 0.5) is 0 Å². The number of imidazole rings is 1.